The highest BCUT2D eigenvalue weighted by atomic mass is 16.5. The number of nitrogens with one attached hydrogen (secondary N) is 1. The largest absolute Gasteiger partial charge is 0.339 e. The number of hydrogen-bond acceptors (Lipinski definition) is 4. The summed E-state index contributed by atoms with van der Waals surface area (Å²) in [5, 5.41) is 7.54. The molecule has 2 aliphatic rings. The molecular weight excluding hydrogens is 202 g/mol. The van der Waals surface area contributed by atoms with Gasteiger partial charge in [-0.3, -0.25) is 0 Å². The molecule has 0 spiro atoms. The molecule has 0 bridgehead atoms. The summed E-state index contributed by atoms with van der Waals surface area (Å²) in [4.78, 5) is 4.63. The molecule has 16 heavy (non-hydrogen) atoms. The van der Waals surface area contributed by atoms with Crippen LogP contribution < -0.4 is 5.32 Å². The smallest absolute Gasteiger partial charge is 0.232 e. The van der Waals surface area contributed by atoms with Crippen LogP contribution in [0, 0.1) is 0 Å². The molecular formula is C12H19N3O. The summed E-state index contributed by atoms with van der Waals surface area (Å²) in [6.07, 6.45) is 5.81. The Morgan fingerprint density at radius 3 is 2.75 bits per heavy atom. The van der Waals surface area contributed by atoms with Gasteiger partial charge in [0, 0.05) is 5.92 Å². The number of piperidine rings is 1. The fourth-order valence-corrected chi connectivity index (χ4v) is 2.58. The maximum atomic E-state index is 5.51. The molecule has 1 aromatic heterocycles. The third kappa shape index (κ3) is 1.65. The maximum absolute atomic E-state index is 5.51. The Hall–Kier alpha value is -0.900. The molecule has 0 radical (unpaired) electrons. The minimum Gasteiger partial charge on any atom is -0.339 e. The molecule has 0 unspecified atom stereocenters. The normalized spacial score (nSPS) is 24.6. The summed E-state index contributed by atoms with van der Waals surface area (Å²) in [7, 11) is 0. The van der Waals surface area contributed by atoms with E-state index in [4.69, 9.17) is 4.52 Å². The van der Waals surface area contributed by atoms with Gasteiger partial charge >= 0.3 is 0 Å². The Kier molecular flexibility index (Phi) is 2.46. The van der Waals surface area contributed by atoms with Crippen molar-refractivity contribution < 1.29 is 4.52 Å². The molecule has 0 atom stereocenters. The number of nitrogens with zero attached hydrogens (tertiary/aromatic N) is 2. The third-order valence-electron chi connectivity index (χ3n) is 4.08. The molecule has 0 aromatic carbocycles. The molecule has 1 aliphatic heterocycles. The van der Waals surface area contributed by atoms with Crippen molar-refractivity contribution >= 4 is 0 Å². The van der Waals surface area contributed by atoms with Crippen molar-refractivity contribution in [3.05, 3.63) is 11.7 Å². The van der Waals surface area contributed by atoms with Gasteiger partial charge in [-0.2, -0.15) is 4.98 Å². The van der Waals surface area contributed by atoms with Crippen LogP contribution >= 0.6 is 0 Å². The van der Waals surface area contributed by atoms with Gasteiger partial charge in [-0.1, -0.05) is 12.1 Å². The molecule has 1 N–H and O–H groups in total. The summed E-state index contributed by atoms with van der Waals surface area (Å²) < 4.78 is 5.51. The Balaban J connectivity index is 1.86. The highest BCUT2D eigenvalue weighted by Gasteiger charge is 2.39. The van der Waals surface area contributed by atoms with Crippen molar-refractivity contribution in [1.29, 1.82) is 0 Å². The van der Waals surface area contributed by atoms with E-state index in [1.807, 2.05) is 0 Å². The summed E-state index contributed by atoms with van der Waals surface area (Å²) in [5.74, 6) is 2.42. The Morgan fingerprint density at radius 2 is 2.12 bits per heavy atom. The van der Waals surface area contributed by atoms with Crippen molar-refractivity contribution in [3.8, 4) is 0 Å². The fourth-order valence-electron chi connectivity index (χ4n) is 2.58. The molecule has 1 aromatic rings. The van der Waals surface area contributed by atoms with Gasteiger partial charge in [0.05, 0.1) is 5.41 Å². The summed E-state index contributed by atoms with van der Waals surface area (Å²) in [5.41, 5.74) is 0.144. The van der Waals surface area contributed by atoms with Crippen LogP contribution in [0.2, 0.25) is 0 Å². The van der Waals surface area contributed by atoms with Crippen molar-refractivity contribution in [3.63, 3.8) is 0 Å². The molecule has 2 fully saturated rings. The van der Waals surface area contributed by atoms with E-state index >= 15 is 0 Å². The van der Waals surface area contributed by atoms with Crippen molar-refractivity contribution in [2.75, 3.05) is 13.1 Å². The van der Waals surface area contributed by atoms with Gasteiger partial charge in [0.25, 0.3) is 0 Å². The first kappa shape index (κ1) is 10.3. The zero-order chi connectivity index (χ0) is 11.0. The van der Waals surface area contributed by atoms with Crippen molar-refractivity contribution in [1.82, 2.24) is 15.5 Å². The van der Waals surface area contributed by atoms with E-state index < -0.39 is 0 Å². The van der Waals surface area contributed by atoms with Crippen molar-refractivity contribution in [2.24, 2.45) is 0 Å². The van der Waals surface area contributed by atoms with Crippen LogP contribution in [0.15, 0.2) is 4.52 Å². The highest BCUT2D eigenvalue weighted by Crippen LogP contribution is 2.41. The van der Waals surface area contributed by atoms with Gasteiger partial charge in [-0.25, -0.2) is 0 Å². The molecule has 1 aliphatic carbocycles. The number of hydrogen-bond donors (Lipinski definition) is 1. The lowest BCUT2D eigenvalue weighted by Crippen LogP contribution is -2.39. The van der Waals surface area contributed by atoms with E-state index in [1.54, 1.807) is 0 Å². The van der Waals surface area contributed by atoms with Gasteiger partial charge in [0.15, 0.2) is 5.82 Å². The van der Waals surface area contributed by atoms with Gasteiger partial charge in [-0.15, -0.1) is 0 Å². The first-order chi connectivity index (χ1) is 7.84. The van der Waals surface area contributed by atoms with E-state index in [-0.39, 0.29) is 5.41 Å². The lowest BCUT2D eigenvalue weighted by molar-refractivity contribution is 0.216. The van der Waals surface area contributed by atoms with Gasteiger partial charge in [0.1, 0.15) is 0 Å². The van der Waals surface area contributed by atoms with Gasteiger partial charge in [-0.05, 0) is 45.2 Å². The third-order valence-corrected chi connectivity index (χ3v) is 4.08. The van der Waals surface area contributed by atoms with E-state index in [0.29, 0.717) is 5.92 Å². The quantitative estimate of drug-likeness (QED) is 0.848. The monoisotopic (exact) mass is 221 g/mol. The Bertz CT molecular complexity index is 364. The first-order valence-corrected chi connectivity index (χ1v) is 6.39. The van der Waals surface area contributed by atoms with Crippen LogP contribution in [0.5, 0.6) is 0 Å². The van der Waals surface area contributed by atoms with Crippen LogP contribution in [0.1, 0.15) is 56.7 Å². The SMILES string of the molecule is CCC1(c2nc(C3CC3)no2)CCNCC1. The average molecular weight is 221 g/mol. The zero-order valence-corrected chi connectivity index (χ0v) is 9.83. The fraction of sp³-hybridized carbons (Fsp3) is 0.833. The van der Waals surface area contributed by atoms with E-state index in [1.165, 1.54) is 12.8 Å². The summed E-state index contributed by atoms with van der Waals surface area (Å²) in [6.45, 7) is 4.36. The summed E-state index contributed by atoms with van der Waals surface area (Å²) in [6, 6.07) is 0. The number of aromatic nitrogens is 2. The van der Waals surface area contributed by atoms with E-state index in [0.717, 1.165) is 44.1 Å². The van der Waals surface area contributed by atoms with E-state index in [2.05, 4.69) is 22.4 Å². The predicted octanol–water partition coefficient (Wildman–Crippen LogP) is 1.98. The predicted molar refractivity (Wildman–Crippen MR) is 60.3 cm³/mol. The average Bonchev–Trinajstić information content (AvgIpc) is 3.08. The Labute approximate surface area is 95.8 Å². The van der Waals surface area contributed by atoms with E-state index in [9.17, 15) is 0 Å². The van der Waals surface area contributed by atoms with Crippen LogP contribution in [-0.4, -0.2) is 23.2 Å². The second kappa shape index (κ2) is 3.84. The maximum Gasteiger partial charge on any atom is 0.232 e. The molecule has 3 rings (SSSR count). The molecule has 0 amide bonds. The van der Waals surface area contributed by atoms with Gasteiger partial charge < -0.3 is 9.84 Å². The lowest BCUT2D eigenvalue weighted by Gasteiger charge is -2.33. The number of rotatable bonds is 3. The second-order valence-corrected chi connectivity index (χ2v) is 5.12. The molecule has 88 valence electrons. The Morgan fingerprint density at radius 1 is 1.38 bits per heavy atom. The topological polar surface area (TPSA) is 51.0 Å². The van der Waals surface area contributed by atoms with Crippen molar-refractivity contribution in [2.45, 2.75) is 50.4 Å². The molecule has 4 heteroatoms. The molecule has 1 saturated heterocycles. The van der Waals surface area contributed by atoms with Crippen LogP contribution in [0.4, 0.5) is 0 Å². The van der Waals surface area contributed by atoms with Crippen LogP contribution in [0.3, 0.4) is 0 Å². The molecule has 4 nitrogen and oxygen atoms in total. The minimum atomic E-state index is 0.144. The zero-order valence-electron chi connectivity index (χ0n) is 9.83. The molecule has 1 saturated carbocycles. The second-order valence-electron chi connectivity index (χ2n) is 5.12. The van der Waals surface area contributed by atoms with Crippen LogP contribution in [0.25, 0.3) is 0 Å². The summed E-state index contributed by atoms with van der Waals surface area (Å²) >= 11 is 0. The van der Waals surface area contributed by atoms with Gasteiger partial charge in [0.2, 0.25) is 5.89 Å². The lowest BCUT2D eigenvalue weighted by atomic mass is 9.76. The minimum absolute atomic E-state index is 0.144. The first-order valence-electron chi connectivity index (χ1n) is 6.39. The van der Waals surface area contributed by atoms with Crippen LogP contribution in [-0.2, 0) is 5.41 Å². The highest BCUT2D eigenvalue weighted by molar-refractivity contribution is 5.11. The standard InChI is InChI=1S/C12H19N3O/c1-2-12(5-7-13-8-6-12)11-14-10(15-16-11)9-3-4-9/h9,13H,2-8H2,1H3. The molecule has 2 heterocycles.